The third-order valence-electron chi connectivity index (χ3n) is 3.41. The fourth-order valence-corrected chi connectivity index (χ4v) is 2.36. The van der Waals surface area contributed by atoms with Crippen molar-refractivity contribution in [3.63, 3.8) is 0 Å². The second kappa shape index (κ2) is 8.86. The molecule has 0 aromatic heterocycles. The second-order valence-electron chi connectivity index (χ2n) is 5.30. The van der Waals surface area contributed by atoms with E-state index < -0.39 is 23.4 Å². The predicted molar refractivity (Wildman–Crippen MR) is 96.1 cm³/mol. The van der Waals surface area contributed by atoms with Gasteiger partial charge in [0.05, 0.1) is 30.2 Å². The van der Waals surface area contributed by atoms with E-state index in [0.717, 1.165) is 6.07 Å². The van der Waals surface area contributed by atoms with Crippen LogP contribution in [0.2, 0.25) is 5.02 Å². The lowest BCUT2D eigenvalue weighted by Gasteiger charge is -2.10. The number of halogens is 1. The van der Waals surface area contributed by atoms with E-state index in [0.29, 0.717) is 5.56 Å². The minimum Gasteiger partial charge on any atom is -0.508 e. The number of esters is 1. The van der Waals surface area contributed by atoms with E-state index in [1.165, 1.54) is 37.4 Å². The molecule has 9 nitrogen and oxygen atoms in total. The third-order valence-corrected chi connectivity index (χ3v) is 3.76. The summed E-state index contributed by atoms with van der Waals surface area (Å²) in [5, 5.41) is 22.7. The minimum atomic E-state index is -0.687. The number of nitrogens with one attached hydrogen (secondary N) is 1. The van der Waals surface area contributed by atoms with Crippen LogP contribution in [0.25, 0.3) is 0 Å². The van der Waals surface area contributed by atoms with E-state index in [1.807, 2.05) is 0 Å². The number of carbonyl (C=O) groups is 2. The lowest BCUT2D eigenvalue weighted by Crippen LogP contribution is -2.22. The Labute approximate surface area is 158 Å². The first-order valence-corrected chi connectivity index (χ1v) is 7.93. The van der Waals surface area contributed by atoms with Gasteiger partial charge in [0.2, 0.25) is 0 Å². The molecule has 2 aromatic rings. The first kappa shape index (κ1) is 20.0. The maximum atomic E-state index is 11.9. The van der Waals surface area contributed by atoms with Crippen molar-refractivity contribution in [1.82, 2.24) is 0 Å². The summed E-state index contributed by atoms with van der Waals surface area (Å²) in [5.41, 5.74) is 0.449. The zero-order chi connectivity index (χ0) is 20.0. The number of nitrogens with zero attached hydrogens (tertiary/aromatic N) is 1. The molecule has 2 aromatic carbocycles. The highest BCUT2D eigenvalue weighted by Crippen LogP contribution is 2.29. The Bertz CT molecular complexity index is 886. The van der Waals surface area contributed by atoms with E-state index in [4.69, 9.17) is 21.1 Å². The number of nitro groups is 1. The number of phenolic OH excluding ortho intramolecular Hbond substituents is 1. The van der Waals surface area contributed by atoms with Crippen LogP contribution < -0.4 is 10.1 Å². The van der Waals surface area contributed by atoms with Gasteiger partial charge in [0.25, 0.3) is 11.6 Å². The van der Waals surface area contributed by atoms with Gasteiger partial charge in [-0.1, -0.05) is 17.7 Å². The molecule has 10 heteroatoms. The molecule has 0 saturated carbocycles. The van der Waals surface area contributed by atoms with Gasteiger partial charge in [-0.25, -0.2) is 0 Å². The third kappa shape index (κ3) is 5.58. The summed E-state index contributed by atoms with van der Waals surface area (Å²) >= 11 is 5.90. The summed E-state index contributed by atoms with van der Waals surface area (Å²) in [5.74, 6) is -1.27. The van der Waals surface area contributed by atoms with Crippen LogP contribution in [0.4, 0.5) is 11.4 Å². The molecule has 0 fully saturated rings. The Morgan fingerprint density at radius 3 is 2.63 bits per heavy atom. The van der Waals surface area contributed by atoms with Gasteiger partial charge in [-0.3, -0.25) is 19.7 Å². The molecule has 0 aliphatic rings. The summed E-state index contributed by atoms with van der Waals surface area (Å²) in [4.78, 5) is 33.9. The number of aromatic hydroxyl groups is 1. The van der Waals surface area contributed by atoms with Crippen molar-refractivity contribution < 1.29 is 29.1 Å². The van der Waals surface area contributed by atoms with Gasteiger partial charge < -0.3 is 19.9 Å². The molecule has 0 heterocycles. The molecule has 0 radical (unpaired) electrons. The fourth-order valence-electron chi connectivity index (χ4n) is 2.12. The number of amides is 1. The van der Waals surface area contributed by atoms with Crippen molar-refractivity contribution in [2.24, 2.45) is 0 Å². The maximum absolute atomic E-state index is 11.9. The van der Waals surface area contributed by atoms with Gasteiger partial charge in [-0.2, -0.15) is 0 Å². The number of benzene rings is 2. The van der Waals surface area contributed by atoms with Crippen LogP contribution in [0.3, 0.4) is 0 Å². The average Bonchev–Trinajstić information content (AvgIpc) is 2.62. The number of anilines is 1. The number of carbonyl (C=O) groups excluding carboxylic acids is 2. The van der Waals surface area contributed by atoms with Crippen LogP contribution in [-0.2, 0) is 20.7 Å². The normalized spacial score (nSPS) is 10.1. The van der Waals surface area contributed by atoms with Gasteiger partial charge >= 0.3 is 5.97 Å². The maximum Gasteiger partial charge on any atom is 0.310 e. The van der Waals surface area contributed by atoms with Gasteiger partial charge in [0.1, 0.15) is 11.5 Å². The quantitative estimate of drug-likeness (QED) is 0.419. The average molecular weight is 395 g/mol. The summed E-state index contributed by atoms with van der Waals surface area (Å²) in [7, 11) is 1.30. The first-order chi connectivity index (χ1) is 12.8. The van der Waals surface area contributed by atoms with Crippen LogP contribution in [0.15, 0.2) is 36.4 Å². The van der Waals surface area contributed by atoms with Crippen molar-refractivity contribution in [2.45, 2.75) is 6.42 Å². The van der Waals surface area contributed by atoms with Gasteiger partial charge in [-0.05, 0) is 23.8 Å². The van der Waals surface area contributed by atoms with Crippen molar-refractivity contribution in [3.05, 3.63) is 57.1 Å². The largest absolute Gasteiger partial charge is 0.508 e. The number of hydrogen-bond donors (Lipinski definition) is 2. The number of hydrogen-bond acceptors (Lipinski definition) is 7. The molecule has 0 aliphatic heterocycles. The zero-order valence-corrected chi connectivity index (χ0v) is 14.9. The Hall–Kier alpha value is -3.33. The van der Waals surface area contributed by atoms with E-state index >= 15 is 0 Å². The second-order valence-corrected chi connectivity index (χ2v) is 5.71. The Kier molecular flexibility index (Phi) is 6.56. The van der Waals surface area contributed by atoms with Crippen molar-refractivity contribution in [1.29, 1.82) is 0 Å². The Balaban J connectivity index is 1.92. The standard InChI is InChI=1S/C17H15ClN2O7/c1-26-15-7-11(20(24)25)3-5-14(15)19-16(22)9-27-17(23)6-10-2-4-12(21)8-13(10)18/h2-5,7-8,21H,6,9H2,1H3,(H,19,22). The van der Waals surface area contributed by atoms with Crippen LogP contribution in [0, 0.1) is 10.1 Å². The molecule has 0 aliphatic carbocycles. The zero-order valence-electron chi connectivity index (χ0n) is 14.1. The minimum absolute atomic E-state index is 0.0338. The number of rotatable bonds is 7. The molecule has 142 valence electrons. The molecule has 2 rings (SSSR count). The van der Waals surface area contributed by atoms with E-state index in [2.05, 4.69) is 5.32 Å². The van der Waals surface area contributed by atoms with Crippen LogP contribution in [-0.4, -0.2) is 35.6 Å². The van der Waals surface area contributed by atoms with Crippen molar-refractivity contribution >= 4 is 34.9 Å². The summed E-state index contributed by atoms with van der Waals surface area (Å²) in [6, 6.07) is 7.82. The lowest BCUT2D eigenvalue weighted by atomic mass is 10.1. The monoisotopic (exact) mass is 394 g/mol. The summed E-state index contributed by atoms with van der Waals surface area (Å²) < 4.78 is 9.88. The number of non-ortho nitro benzene ring substituents is 1. The molecule has 0 atom stereocenters. The number of methoxy groups -OCH3 is 1. The SMILES string of the molecule is COc1cc([N+](=O)[O-])ccc1NC(=O)COC(=O)Cc1ccc(O)cc1Cl. The Morgan fingerprint density at radius 2 is 2.00 bits per heavy atom. The molecule has 0 bridgehead atoms. The summed E-state index contributed by atoms with van der Waals surface area (Å²) in [6.07, 6.45) is -0.173. The molecular weight excluding hydrogens is 380 g/mol. The highest BCUT2D eigenvalue weighted by atomic mass is 35.5. The van der Waals surface area contributed by atoms with Crippen LogP contribution in [0.5, 0.6) is 11.5 Å². The molecule has 0 spiro atoms. The van der Waals surface area contributed by atoms with Gasteiger partial charge in [0.15, 0.2) is 6.61 Å². The molecule has 0 unspecified atom stereocenters. The fraction of sp³-hybridized carbons (Fsp3) is 0.176. The van der Waals surface area contributed by atoms with Gasteiger partial charge in [-0.15, -0.1) is 0 Å². The molecule has 1 amide bonds. The topological polar surface area (TPSA) is 128 Å². The molecular formula is C17H15ClN2O7. The number of ether oxygens (including phenoxy) is 2. The molecule has 2 N–H and O–H groups in total. The highest BCUT2D eigenvalue weighted by Gasteiger charge is 2.15. The lowest BCUT2D eigenvalue weighted by molar-refractivity contribution is -0.384. The van der Waals surface area contributed by atoms with E-state index in [-0.39, 0.29) is 34.3 Å². The highest BCUT2D eigenvalue weighted by molar-refractivity contribution is 6.31. The Morgan fingerprint density at radius 1 is 1.26 bits per heavy atom. The van der Waals surface area contributed by atoms with E-state index in [1.54, 1.807) is 0 Å². The van der Waals surface area contributed by atoms with Crippen molar-refractivity contribution in [3.8, 4) is 11.5 Å². The molecule has 0 saturated heterocycles. The van der Waals surface area contributed by atoms with Crippen molar-refractivity contribution in [2.75, 3.05) is 19.0 Å². The number of nitro benzene ring substituents is 1. The van der Waals surface area contributed by atoms with Gasteiger partial charge in [0, 0.05) is 11.1 Å². The first-order valence-electron chi connectivity index (χ1n) is 7.55. The van der Waals surface area contributed by atoms with E-state index in [9.17, 15) is 24.8 Å². The number of phenols is 1. The van der Waals surface area contributed by atoms with Crippen LogP contribution in [0.1, 0.15) is 5.56 Å². The molecule has 27 heavy (non-hydrogen) atoms. The van der Waals surface area contributed by atoms with Crippen LogP contribution >= 0.6 is 11.6 Å². The summed E-state index contributed by atoms with van der Waals surface area (Å²) in [6.45, 7) is -0.561. The predicted octanol–water partition coefficient (Wildman–Crippen LogP) is 2.69. The smallest absolute Gasteiger partial charge is 0.310 e.